The van der Waals surface area contributed by atoms with Crippen LogP contribution in [0.1, 0.15) is 28.6 Å². The molecule has 4 rings (SSSR count). The third kappa shape index (κ3) is 4.32. The first-order valence-electron chi connectivity index (χ1n) is 9.49. The average Bonchev–Trinajstić information content (AvgIpc) is 3.43. The summed E-state index contributed by atoms with van der Waals surface area (Å²) in [5, 5.41) is 8.94. The fraction of sp³-hybridized carbons (Fsp3) is 0.130. The van der Waals surface area contributed by atoms with Crippen molar-refractivity contribution in [3.63, 3.8) is 0 Å². The molecule has 7 nitrogen and oxygen atoms in total. The number of terminal acetylenes is 1. The Morgan fingerprint density at radius 1 is 1.29 bits per heavy atom. The van der Waals surface area contributed by atoms with Gasteiger partial charge in [0.2, 0.25) is 5.78 Å². The van der Waals surface area contributed by atoms with E-state index in [9.17, 15) is 9.59 Å². The number of hydrogen-bond acceptors (Lipinski definition) is 6. The quantitative estimate of drug-likeness (QED) is 0.356. The van der Waals surface area contributed by atoms with Gasteiger partial charge in [-0.05, 0) is 36.6 Å². The first-order valence-corrected chi connectivity index (χ1v) is 10.4. The molecule has 0 fully saturated rings. The Balaban J connectivity index is 1.62. The number of amides is 1. The van der Waals surface area contributed by atoms with Crippen LogP contribution in [0.2, 0.25) is 0 Å². The molecule has 8 heteroatoms. The summed E-state index contributed by atoms with van der Waals surface area (Å²) in [6, 6.07) is 12.6. The van der Waals surface area contributed by atoms with Gasteiger partial charge in [0.25, 0.3) is 0 Å². The number of hydrogen-bond donors (Lipinski definition) is 1. The minimum absolute atomic E-state index is 0.117. The topological polar surface area (TPSA) is 85.6 Å². The van der Waals surface area contributed by atoms with Crippen molar-refractivity contribution in [2.24, 2.45) is 0 Å². The molecule has 0 spiro atoms. The van der Waals surface area contributed by atoms with E-state index in [1.165, 1.54) is 17.5 Å². The van der Waals surface area contributed by atoms with E-state index in [4.69, 9.17) is 11.2 Å². The molecule has 0 saturated heterocycles. The van der Waals surface area contributed by atoms with E-state index < -0.39 is 6.09 Å². The number of rotatable bonds is 6. The summed E-state index contributed by atoms with van der Waals surface area (Å²) < 4.78 is 6.84. The smallest absolute Gasteiger partial charge is 0.411 e. The molecule has 1 N–H and O–H groups in total. The van der Waals surface area contributed by atoms with Gasteiger partial charge in [-0.15, -0.1) is 23.7 Å². The number of ether oxygens (including phenoxy) is 1. The minimum Gasteiger partial charge on any atom is -0.445 e. The Bertz CT molecular complexity index is 1290. The number of anilines is 1. The van der Waals surface area contributed by atoms with Crippen LogP contribution in [0.25, 0.3) is 16.9 Å². The van der Waals surface area contributed by atoms with Gasteiger partial charge in [-0.3, -0.25) is 10.1 Å². The van der Waals surface area contributed by atoms with Crippen molar-refractivity contribution in [1.29, 1.82) is 0 Å². The fourth-order valence-electron chi connectivity index (χ4n) is 3.10. The fourth-order valence-corrected chi connectivity index (χ4v) is 3.78. The second-order valence-electron chi connectivity index (χ2n) is 6.76. The van der Waals surface area contributed by atoms with Crippen LogP contribution in [0.5, 0.6) is 0 Å². The second kappa shape index (κ2) is 8.81. The van der Waals surface area contributed by atoms with Crippen LogP contribution >= 0.6 is 11.3 Å². The van der Waals surface area contributed by atoms with E-state index in [1.54, 1.807) is 41.9 Å². The molecule has 1 unspecified atom stereocenters. The number of carbonyl (C=O) groups excluding carboxylic acids is 2. The maximum Gasteiger partial charge on any atom is 0.411 e. The van der Waals surface area contributed by atoms with Crippen LogP contribution in [-0.2, 0) is 4.74 Å². The average molecular weight is 430 g/mol. The van der Waals surface area contributed by atoms with Gasteiger partial charge in [-0.1, -0.05) is 18.2 Å². The third-order valence-electron chi connectivity index (χ3n) is 4.51. The molecule has 1 aromatic carbocycles. The lowest BCUT2D eigenvalue weighted by Crippen LogP contribution is -2.19. The number of thiophene rings is 1. The van der Waals surface area contributed by atoms with Crippen LogP contribution in [0.4, 0.5) is 10.5 Å². The molecular weight excluding hydrogens is 412 g/mol. The lowest BCUT2D eigenvalue weighted by Gasteiger charge is -2.12. The van der Waals surface area contributed by atoms with E-state index in [0.29, 0.717) is 28.2 Å². The van der Waals surface area contributed by atoms with E-state index in [1.807, 2.05) is 23.6 Å². The maximum absolute atomic E-state index is 12.8. The highest BCUT2D eigenvalue weighted by Crippen LogP contribution is 2.25. The molecule has 1 atom stereocenters. The lowest BCUT2D eigenvalue weighted by atomic mass is 10.1. The predicted molar refractivity (Wildman–Crippen MR) is 119 cm³/mol. The number of benzene rings is 1. The summed E-state index contributed by atoms with van der Waals surface area (Å²) in [7, 11) is 0. The number of fused-ring (bicyclic) bond motifs is 1. The van der Waals surface area contributed by atoms with Crippen LogP contribution in [-0.4, -0.2) is 32.6 Å². The summed E-state index contributed by atoms with van der Waals surface area (Å²) in [4.78, 5) is 29.9. The summed E-state index contributed by atoms with van der Waals surface area (Å²) in [6.45, 7) is 1.73. The monoisotopic (exact) mass is 430 g/mol. The molecule has 0 saturated carbocycles. The van der Waals surface area contributed by atoms with Crippen LogP contribution < -0.4 is 5.32 Å². The number of carbonyl (C=O) groups is 2. The molecule has 4 aromatic rings. The Morgan fingerprint density at radius 2 is 2.16 bits per heavy atom. The number of nitrogens with zero attached hydrogens (tertiary/aromatic N) is 3. The van der Waals surface area contributed by atoms with Crippen molar-refractivity contribution >= 4 is 34.5 Å². The zero-order chi connectivity index (χ0) is 21.8. The van der Waals surface area contributed by atoms with E-state index >= 15 is 0 Å². The first kappa shape index (κ1) is 20.3. The van der Waals surface area contributed by atoms with Gasteiger partial charge < -0.3 is 4.74 Å². The van der Waals surface area contributed by atoms with Crippen molar-refractivity contribution in [1.82, 2.24) is 14.6 Å². The molecule has 1 amide bonds. The van der Waals surface area contributed by atoms with Gasteiger partial charge in [0.15, 0.2) is 5.65 Å². The van der Waals surface area contributed by atoms with Crippen LogP contribution in [0.3, 0.4) is 0 Å². The molecule has 0 aliphatic carbocycles. The number of ketones is 1. The highest BCUT2D eigenvalue weighted by Gasteiger charge is 2.18. The minimum atomic E-state index is -0.581. The van der Waals surface area contributed by atoms with E-state index in [2.05, 4.69) is 21.3 Å². The van der Waals surface area contributed by atoms with Crippen molar-refractivity contribution in [3.05, 3.63) is 70.7 Å². The molecule has 0 bridgehead atoms. The second-order valence-corrected chi connectivity index (χ2v) is 7.71. The van der Waals surface area contributed by atoms with Crippen LogP contribution in [0.15, 0.2) is 60.2 Å². The molecule has 0 radical (unpaired) electrons. The standard InChI is InChI=1S/C23H18N4O3S/c1-3-6-15(2)30-23(29)26-17-8-4-7-16(13-17)19-10-11-24-22-18(14-25-27(19)22)21(28)20-9-5-12-31-20/h1,4-5,7-15H,6H2,2H3,(H,26,29). The molecular formula is C23H18N4O3S. The Hall–Kier alpha value is -3.96. The largest absolute Gasteiger partial charge is 0.445 e. The third-order valence-corrected chi connectivity index (χ3v) is 5.38. The molecule has 31 heavy (non-hydrogen) atoms. The molecule has 154 valence electrons. The van der Waals surface area contributed by atoms with E-state index in [0.717, 1.165) is 11.3 Å². The SMILES string of the molecule is C#CCC(C)OC(=O)Nc1cccc(-c2ccnc3c(C(=O)c4cccs4)cnn23)c1. The first-order chi connectivity index (χ1) is 15.1. The van der Waals surface area contributed by atoms with Gasteiger partial charge in [0.05, 0.1) is 22.3 Å². The van der Waals surface area contributed by atoms with Gasteiger partial charge in [-0.25, -0.2) is 14.3 Å². The lowest BCUT2D eigenvalue weighted by molar-refractivity contribution is 0.104. The zero-order valence-electron chi connectivity index (χ0n) is 16.6. The van der Waals surface area contributed by atoms with Gasteiger partial charge in [-0.2, -0.15) is 5.10 Å². The number of nitrogens with one attached hydrogen (secondary N) is 1. The van der Waals surface area contributed by atoms with Crippen LogP contribution in [0, 0.1) is 12.3 Å². The van der Waals surface area contributed by atoms with Crippen molar-refractivity contribution in [2.45, 2.75) is 19.4 Å². The molecule has 3 heterocycles. The normalized spacial score (nSPS) is 11.6. The highest BCUT2D eigenvalue weighted by atomic mass is 32.1. The van der Waals surface area contributed by atoms with Crippen molar-refractivity contribution in [2.75, 3.05) is 5.32 Å². The van der Waals surface area contributed by atoms with Gasteiger partial charge in [0, 0.05) is 23.9 Å². The molecule has 0 aliphatic heterocycles. The highest BCUT2D eigenvalue weighted by molar-refractivity contribution is 7.12. The summed E-state index contributed by atoms with van der Waals surface area (Å²) in [5.74, 6) is 2.34. The predicted octanol–water partition coefficient (Wildman–Crippen LogP) is 4.65. The Labute approximate surface area is 182 Å². The molecule has 0 aliphatic rings. The summed E-state index contributed by atoms with van der Waals surface area (Å²) in [5.41, 5.74) is 2.98. The van der Waals surface area contributed by atoms with Gasteiger partial charge >= 0.3 is 6.09 Å². The Kier molecular flexibility index (Phi) is 5.78. The summed E-state index contributed by atoms with van der Waals surface area (Å²) >= 11 is 1.38. The zero-order valence-corrected chi connectivity index (χ0v) is 17.4. The van der Waals surface area contributed by atoms with Gasteiger partial charge in [0.1, 0.15) is 6.10 Å². The van der Waals surface area contributed by atoms with E-state index in [-0.39, 0.29) is 11.9 Å². The van der Waals surface area contributed by atoms with Crippen molar-refractivity contribution in [3.8, 4) is 23.6 Å². The van der Waals surface area contributed by atoms with Crippen molar-refractivity contribution < 1.29 is 14.3 Å². The Morgan fingerprint density at radius 3 is 2.94 bits per heavy atom. The summed E-state index contributed by atoms with van der Waals surface area (Å²) in [6.07, 6.45) is 7.78. The number of aromatic nitrogens is 3. The maximum atomic E-state index is 12.8. The molecule has 3 aromatic heterocycles.